The summed E-state index contributed by atoms with van der Waals surface area (Å²) in [6.45, 7) is 6.00. The Morgan fingerprint density at radius 3 is 1.57 bits per heavy atom. The van der Waals surface area contributed by atoms with Crippen molar-refractivity contribution in [3.05, 3.63) is 13.2 Å². The number of primary amides is 1. The molecule has 0 unspecified atom stereocenters. The van der Waals surface area contributed by atoms with Gasteiger partial charge in [0.05, 0.1) is 0 Å². The van der Waals surface area contributed by atoms with E-state index in [4.69, 9.17) is 4.79 Å². The van der Waals surface area contributed by atoms with Crippen LogP contribution in [0, 0.1) is 0 Å². The molecule has 0 aliphatic carbocycles. The van der Waals surface area contributed by atoms with Crippen molar-refractivity contribution in [2.24, 2.45) is 5.73 Å². The summed E-state index contributed by atoms with van der Waals surface area (Å²) in [6, 6.07) is 0. The van der Waals surface area contributed by atoms with Crippen LogP contribution in [-0.2, 0) is 17.1 Å². The smallest absolute Gasteiger partial charge is 0.273 e. The Hall–Kier alpha value is 0.0795. The molecule has 0 aliphatic heterocycles. The van der Waals surface area contributed by atoms with Crippen LogP contribution in [0.15, 0.2) is 13.2 Å². The molecule has 0 fully saturated rings. The van der Waals surface area contributed by atoms with Crippen LogP contribution >= 0.6 is 12.6 Å². The van der Waals surface area contributed by atoms with Gasteiger partial charge < -0.3 is 5.73 Å². The predicted octanol–water partition coefficient (Wildman–Crippen LogP) is 0.795. The van der Waals surface area contributed by atoms with Crippen molar-refractivity contribution in [1.82, 2.24) is 0 Å². The molecule has 1 radical (unpaired) electrons. The molecule has 0 aromatic carbocycles. The molecule has 7 heavy (non-hydrogen) atoms. The zero-order valence-corrected chi connectivity index (χ0v) is 5.80. The molecule has 2 N–H and O–H groups in total. The van der Waals surface area contributed by atoms with Crippen molar-refractivity contribution < 1.29 is 21.9 Å². The molecule has 0 saturated heterocycles. The molecular formula is C3H7MnNOS. The Labute approximate surface area is 59.0 Å². The summed E-state index contributed by atoms with van der Waals surface area (Å²) in [5.41, 5.74) is 4.34. The molecule has 0 spiro atoms. The number of carbonyl (C=O) groups is 1. The number of hydrogen-bond donors (Lipinski definition) is 2. The summed E-state index contributed by atoms with van der Waals surface area (Å²) in [7, 11) is 0. The van der Waals surface area contributed by atoms with E-state index in [9.17, 15) is 0 Å². The molecule has 1 amide bonds. The molecule has 0 aliphatic rings. The van der Waals surface area contributed by atoms with Crippen LogP contribution in [0.3, 0.4) is 0 Å². The van der Waals surface area contributed by atoms with Crippen LogP contribution in [0.2, 0.25) is 0 Å². The zero-order valence-electron chi connectivity index (χ0n) is 3.72. The summed E-state index contributed by atoms with van der Waals surface area (Å²) in [6.07, 6.45) is 0. The van der Waals surface area contributed by atoms with Gasteiger partial charge in [-0.2, -0.15) is 0 Å². The standard InChI is InChI=1S/C2H4.CH3NOS.Mn/c1-2;2-1(3)4;/h1-2H2;(H3,2,3,4);. The van der Waals surface area contributed by atoms with Crippen molar-refractivity contribution in [3.8, 4) is 0 Å². The second-order valence-electron chi connectivity index (χ2n) is 0.338. The van der Waals surface area contributed by atoms with E-state index in [1.54, 1.807) is 0 Å². The molecule has 0 aromatic heterocycles. The second-order valence-corrected chi connectivity index (χ2v) is 0.779. The number of nitrogens with two attached hydrogens (primary N) is 1. The SMILES string of the molecule is C=C.NC(=O)S.[Mn]. The van der Waals surface area contributed by atoms with Crippen molar-refractivity contribution >= 4 is 17.9 Å². The maximum absolute atomic E-state index is 9.09. The van der Waals surface area contributed by atoms with Gasteiger partial charge in [0, 0.05) is 17.1 Å². The van der Waals surface area contributed by atoms with Gasteiger partial charge in [0.15, 0.2) is 0 Å². The summed E-state index contributed by atoms with van der Waals surface area (Å²) in [5, 5.41) is -0.639. The van der Waals surface area contributed by atoms with Crippen LogP contribution in [-0.4, -0.2) is 5.24 Å². The Balaban J connectivity index is -0.0000000480. The third kappa shape index (κ3) is 16000. The molecule has 0 aromatic rings. The average Bonchev–Trinajstić information content (AvgIpc) is 1.41. The third-order valence-corrected chi connectivity index (χ3v) is 0. The van der Waals surface area contributed by atoms with Crippen LogP contribution in [0.4, 0.5) is 4.79 Å². The molecule has 0 saturated carbocycles. The second kappa shape index (κ2) is 16.5. The normalized spacial score (nSPS) is 4.14. The summed E-state index contributed by atoms with van der Waals surface area (Å²) in [5.74, 6) is 0. The van der Waals surface area contributed by atoms with Crippen LogP contribution in [0.5, 0.6) is 0 Å². The first-order valence-electron chi connectivity index (χ1n) is 1.22. The van der Waals surface area contributed by atoms with E-state index in [0.717, 1.165) is 0 Å². The molecule has 0 rings (SSSR count). The number of hydrogen-bond acceptors (Lipinski definition) is 1. The molecule has 2 nitrogen and oxygen atoms in total. The van der Waals surface area contributed by atoms with Crippen LogP contribution < -0.4 is 5.73 Å². The zero-order chi connectivity index (χ0) is 5.58. The first-order valence-corrected chi connectivity index (χ1v) is 1.66. The van der Waals surface area contributed by atoms with Gasteiger partial charge in [0.1, 0.15) is 0 Å². The van der Waals surface area contributed by atoms with E-state index in [0.29, 0.717) is 0 Å². The summed E-state index contributed by atoms with van der Waals surface area (Å²) < 4.78 is 0. The maximum Gasteiger partial charge on any atom is 0.273 e. The fourth-order valence-corrected chi connectivity index (χ4v) is 0. The van der Waals surface area contributed by atoms with Gasteiger partial charge in [0.2, 0.25) is 0 Å². The monoisotopic (exact) mass is 160 g/mol. The largest absolute Gasteiger partial charge is 0.361 e. The Morgan fingerprint density at radius 2 is 1.57 bits per heavy atom. The predicted molar refractivity (Wildman–Crippen MR) is 29.8 cm³/mol. The fraction of sp³-hybridized carbons (Fsp3) is 0. The van der Waals surface area contributed by atoms with Crippen molar-refractivity contribution in [2.45, 2.75) is 0 Å². The number of thiol groups is 1. The van der Waals surface area contributed by atoms with Gasteiger partial charge >= 0.3 is 0 Å². The summed E-state index contributed by atoms with van der Waals surface area (Å²) >= 11 is 3.10. The Kier molecular flexibility index (Phi) is 37.2. The molecule has 0 bridgehead atoms. The van der Waals surface area contributed by atoms with Gasteiger partial charge in [-0.05, 0) is 0 Å². The van der Waals surface area contributed by atoms with Gasteiger partial charge in [-0.3, -0.25) is 4.79 Å². The van der Waals surface area contributed by atoms with E-state index in [1.807, 2.05) is 0 Å². The Morgan fingerprint density at radius 1 is 1.57 bits per heavy atom. The topological polar surface area (TPSA) is 43.1 Å². The molecule has 43 valence electrons. The van der Waals surface area contributed by atoms with Crippen molar-refractivity contribution in [3.63, 3.8) is 0 Å². The van der Waals surface area contributed by atoms with E-state index >= 15 is 0 Å². The van der Waals surface area contributed by atoms with Crippen LogP contribution in [0.25, 0.3) is 0 Å². The first-order chi connectivity index (χ1) is 2.73. The minimum absolute atomic E-state index is 0. The quantitative estimate of drug-likeness (QED) is 0.307. The van der Waals surface area contributed by atoms with E-state index in [-0.39, 0.29) is 17.1 Å². The minimum Gasteiger partial charge on any atom is -0.361 e. The molecule has 0 atom stereocenters. The van der Waals surface area contributed by atoms with Crippen LogP contribution in [0.1, 0.15) is 0 Å². The van der Waals surface area contributed by atoms with E-state index in [1.165, 1.54) is 0 Å². The first kappa shape index (κ1) is 15.7. The summed E-state index contributed by atoms with van der Waals surface area (Å²) in [4.78, 5) is 9.09. The van der Waals surface area contributed by atoms with Crippen molar-refractivity contribution in [2.75, 3.05) is 0 Å². The number of amides is 1. The average molecular weight is 160 g/mol. The fourth-order valence-electron chi connectivity index (χ4n) is 0. The number of carbonyl (C=O) groups excluding carboxylic acids is 1. The minimum atomic E-state index is -0.639. The van der Waals surface area contributed by atoms with E-state index < -0.39 is 5.24 Å². The molecule has 0 heterocycles. The maximum atomic E-state index is 9.09. The van der Waals surface area contributed by atoms with Gasteiger partial charge in [-0.15, -0.1) is 13.2 Å². The molecular weight excluding hydrogens is 153 g/mol. The van der Waals surface area contributed by atoms with Crippen molar-refractivity contribution in [1.29, 1.82) is 0 Å². The third-order valence-electron chi connectivity index (χ3n) is 0. The van der Waals surface area contributed by atoms with Gasteiger partial charge in [-0.25, -0.2) is 0 Å². The van der Waals surface area contributed by atoms with Gasteiger partial charge in [-0.1, -0.05) is 12.6 Å². The molecule has 4 heteroatoms. The van der Waals surface area contributed by atoms with Gasteiger partial charge in [0.25, 0.3) is 5.24 Å². The number of rotatable bonds is 0. The van der Waals surface area contributed by atoms with E-state index in [2.05, 4.69) is 31.5 Å². The Bertz CT molecular complexity index is 46.2.